The van der Waals surface area contributed by atoms with E-state index < -0.39 is 18.1 Å². The van der Waals surface area contributed by atoms with E-state index in [1.807, 2.05) is 27.7 Å². The SMILES string of the molecule is Cc1cc(C)cc(P(c2cc(C)cc(C)c2)c2ccccc2S(=O)(=O)F)c1. The van der Waals surface area contributed by atoms with Crippen molar-refractivity contribution in [1.29, 1.82) is 0 Å². The zero-order chi connectivity index (χ0) is 19.8. The van der Waals surface area contributed by atoms with Gasteiger partial charge in [0.05, 0.1) is 0 Å². The minimum absolute atomic E-state index is 0.241. The molecule has 0 N–H and O–H groups in total. The molecule has 0 spiro atoms. The maximum Gasteiger partial charge on any atom is 0.332 e. The van der Waals surface area contributed by atoms with Crippen LogP contribution in [0.4, 0.5) is 3.89 Å². The van der Waals surface area contributed by atoms with Gasteiger partial charge in [-0.2, -0.15) is 8.42 Å². The third-order valence-corrected chi connectivity index (χ3v) is 7.75. The molecule has 3 aromatic rings. The van der Waals surface area contributed by atoms with Crippen LogP contribution in [0.15, 0.2) is 65.6 Å². The molecule has 0 heterocycles. The summed E-state index contributed by atoms with van der Waals surface area (Å²) in [6.45, 7) is 8.07. The van der Waals surface area contributed by atoms with E-state index in [9.17, 15) is 12.3 Å². The van der Waals surface area contributed by atoms with Crippen molar-refractivity contribution in [1.82, 2.24) is 0 Å². The predicted octanol–water partition coefficient (Wildman–Crippen LogP) is 4.34. The Morgan fingerprint density at radius 1 is 0.704 bits per heavy atom. The van der Waals surface area contributed by atoms with E-state index in [1.54, 1.807) is 18.2 Å². The Hall–Kier alpha value is -2.03. The smallest absolute Gasteiger partial charge is 0.189 e. The number of rotatable bonds is 4. The molecule has 0 radical (unpaired) electrons. The van der Waals surface area contributed by atoms with Crippen molar-refractivity contribution in [2.45, 2.75) is 32.6 Å². The van der Waals surface area contributed by atoms with Gasteiger partial charge in [-0.3, -0.25) is 0 Å². The van der Waals surface area contributed by atoms with Crippen LogP contribution < -0.4 is 15.9 Å². The molecule has 0 saturated carbocycles. The van der Waals surface area contributed by atoms with Crippen molar-refractivity contribution >= 4 is 34.1 Å². The molecule has 0 aliphatic heterocycles. The van der Waals surface area contributed by atoms with Crippen molar-refractivity contribution in [3.05, 3.63) is 82.9 Å². The first-order valence-corrected chi connectivity index (χ1v) is 11.4. The summed E-state index contributed by atoms with van der Waals surface area (Å²) in [6.07, 6.45) is 0. The fraction of sp³-hybridized carbons (Fsp3) is 0.182. The van der Waals surface area contributed by atoms with E-state index in [-0.39, 0.29) is 4.90 Å². The third kappa shape index (κ3) is 4.45. The van der Waals surface area contributed by atoms with E-state index >= 15 is 0 Å². The molecular formula is C22H22FO2PS. The first-order chi connectivity index (χ1) is 12.6. The molecule has 5 heteroatoms. The van der Waals surface area contributed by atoms with E-state index in [2.05, 4.69) is 36.4 Å². The highest BCUT2D eigenvalue weighted by Gasteiger charge is 2.26. The summed E-state index contributed by atoms with van der Waals surface area (Å²) in [7, 11) is -6.03. The summed E-state index contributed by atoms with van der Waals surface area (Å²) < 4.78 is 37.7. The van der Waals surface area contributed by atoms with Gasteiger partial charge in [0.2, 0.25) is 0 Å². The van der Waals surface area contributed by atoms with Gasteiger partial charge in [0.1, 0.15) is 4.90 Å². The van der Waals surface area contributed by atoms with Gasteiger partial charge in [0.15, 0.2) is 0 Å². The highest BCUT2D eigenvalue weighted by atomic mass is 32.3. The quantitative estimate of drug-likeness (QED) is 0.482. The largest absolute Gasteiger partial charge is 0.332 e. The Labute approximate surface area is 162 Å². The number of benzene rings is 3. The van der Waals surface area contributed by atoms with Gasteiger partial charge in [0.25, 0.3) is 0 Å². The lowest BCUT2D eigenvalue weighted by Crippen LogP contribution is -2.25. The molecule has 0 unspecified atom stereocenters. The van der Waals surface area contributed by atoms with Gasteiger partial charge >= 0.3 is 10.2 Å². The van der Waals surface area contributed by atoms with Crippen LogP contribution in [-0.2, 0) is 10.2 Å². The van der Waals surface area contributed by atoms with E-state index in [0.717, 1.165) is 32.9 Å². The van der Waals surface area contributed by atoms with Gasteiger partial charge in [-0.05, 0) is 52.3 Å². The van der Waals surface area contributed by atoms with Crippen LogP contribution in [0.3, 0.4) is 0 Å². The van der Waals surface area contributed by atoms with Crippen LogP contribution in [0.1, 0.15) is 22.3 Å². The molecule has 0 atom stereocenters. The second-order valence-electron chi connectivity index (χ2n) is 6.93. The summed E-state index contributed by atoms with van der Waals surface area (Å²) >= 11 is 0. The van der Waals surface area contributed by atoms with Gasteiger partial charge in [-0.15, -0.1) is 3.89 Å². The Bertz CT molecular complexity index is 1020. The molecule has 140 valence electrons. The monoisotopic (exact) mass is 400 g/mol. The van der Waals surface area contributed by atoms with Crippen LogP contribution >= 0.6 is 7.92 Å². The van der Waals surface area contributed by atoms with Crippen LogP contribution in [0.5, 0.6) is 0 Å². The minimum atomic E-state index is -4.82. The number of hydrogen-bond donors (Lipinski definition) is 0. The lowest BCUT2D eigenvalue weighted by atomic mass is 10.2. The standard InChI is InChI=1S/C22H22FO2PS/c1-15-9-16(2)12-19(11-15)26(20-13-17(3)10-18(4)14-20)21-7-5-6-8-22(21)27(23,24)25/h5-14H,1-4H3. The first-order valence-electron chi connectivity index (χ1n) is 8.65. The molecule has 0 saturated heterocycles. The van der Waals surface area contributed by atoms with Gasteiger partial charge < -0.3 is 0 Å². The minimum Gasteiger partial charge on any atom is -0.189 e. The second kappa shape index (κ2) is 7.53. The Kier molecular flexibility index (Phi) is 5.50. The third-order valence-electron chi connectivity index (χ3n) is 4.30. The summed E-state index contributed by atoms with van der Waals surface area (Å²) in [6, 6.07) is 18.8. The van der Waals surface area contributed by atoms with Crippen molar-refractivity contribution in [2.75, 3.05) is 0 Å². The molecule has 3 aromatic carbocycles. The predicted molar refractivity (Wildman–Crippen MR) is 112 cm³/mol. The van der Waals surface area contributed by atoms with Crippen LogP contribution in [-0.4, -0.2) is 8.42 Å². The molecule has 0 bridgehead atoms. The summed E-state index contributed by atoms with van der Waals surface area (Å²) in [5.41, 5.74) is 4.40. The van der Waals surface area contributed by atoms with E-state index in [4.69, 9.17) is 0 Å². The number of hydrogen-bond acceptors (Lipinski definition) is 2. The maximum atomic E-state index is 14.1. The molecule has 0 aliphatic rings. The summed E-state index contributed by atoms with van der Waals surface area (Å²) in [4.78, 5) is -0.241. The van der Waals surface area contributed by atoms with Crippen molar-refractivity contribution in [3.8, 4) is 0 Å². The van der Waals surface area contributed by atoms with Crippen LogP contribution in [0.25, 0.3) is 0 Å². The Morgan fingerprint density at radius 3 is 1.52 bits per heavy atom. The van der Waals surface area contributed by atoms with Crippen LogP contribution in [0.2, 0.25) is 0 Å². The average Bonchev–Trinajstić information content (AvgIpc) is 2.53. The van der Waals surface area contributed by atoms with E-state index in [1.165, 1.54) is 6.07 Å². The Morgan fingerprint density at radius 2 is 1.11 bits per heavy atom. The number of halogens is 1. The van der Waals surface area contributed by atoms with Crippen molar-refractivity contribution in [2.24, 2.45) is 0 Å². The fourth-order valence-electron chi connectivity index (χ4n) is 3.43. The molecule has 0 fully saturated rings. The van der Waals surface area contributed by atoms with Gasteiger partial charge in [-0.25, -0.2) is 0 Å². The molecule has 0 aromatic heterocycles. The van der Waals surface area contributed by atoms with Crippen molar-refractivity contribution in [3.63, 3.8) is 0 Å². The Balaban J connectivity index is 2.36. The second-order valence-corrected chi connectivity index (χ2v) is 10.4. The molecule has 0 amide bonds. The maximum absolute atomic E-state index is 14.1. The number of aryl methyl sites for hydroxylation is 4. The first kappa shape index (κ1) is 19.7. The lowest BCUT2D eigenvalue weighted by Gasteiger charge is -2.23. The zero-order valence-corrected chi connectivity index (χ0v) is 17.5. The molecule has 3 rings (SSSR count). The van der Waals surface area contributed by atoms with Gasteiger partial charge in [-0.1, -0.05) is 76.9 Å². The normalized spacial score (nSPS) is 11.8. The lowest BCUT2D eigenvalue weighted by molar-refractivity contribution is 0.553. The van der Waals surface area contributed by atoms with Gasteiger partial charge in [0, 0.05) is 5.30 Å². The topological polar surface area (TPSA) is 34.1 Å². The molecule has 2 nitrogen and oxygen atoms in total. The average molecular weight is 400 g/mol. The van der Waals surface area contributed by atoms with Crippen LogP contribution in [0, 0.1) is 27.7 Å². The molecule has 0 aliphatic carbocycles. The molecule has 27 heavy (non-hydrogen) atoms. The summed E-state index contributed by atoms with van der Waals surface area (Å²) in [5.74, 6) is 0. The zero-order valence-electron chi connectivity index (χ0n) is 15.8. The fourth-order valence-corrected chi connectivity index (χ4v) is 7.31. The van der Waals surface area contributed by atoms with E-state index in [0.29, 0.717) is 5.30 Å². The van der Waals surface area contributed by atoms with Crippen molar-refractivity contribution < 1.29 is 12.3 Å². The highest BCUT2D eigenvalue weighted by Crippen LogP contribution is 2.36. The highest BCUT2D eigenvalue weighted by molar-refractivity contribution is 7.88. The molecular weight excluding hydrogens is 378 g/mol. The summed E-state index contributed by atoms with van der Waals surface area (Å²) in [5, 5.41) is 2.55.